The van der Waals surface area contributed by atoms with Gasteiger partial charge in [-0.3, -0.25) is 9.78 Å². The van der Waals surface area contributed by atoms with Crippen LogP contribution in [0.3, 0.4) is 0 Å². The Morgan fingerprint density at radius 1 is 1.33 bits per heavy atom. The summed E-state index contributed by atoms with van der Waals surface area (Å²) in [6, 6.07) is 8.93. The van der Waals surface area contributed by atoms with Crippen LogP contribution in [0.1, 0.15) is 23.2 Å². The van der Waals surface area contributed by atoms with E-state index in [-0.39, 0.29) is 29.3 Å². The molecule has 27 heavy (non-hydrogen) atoms. The summed E-state index contributed by atoms with van der Waals surface area (Å²) in [5.41, 5.74) is -0.506. The Bertz CT molecular complexity index is 904. The second-order valence-corrected chi connectivity index (χ2v) is 5.69. The zero-order chi connectivity index (χ0) is 20.0. The van der Waals surface area contributed by atoms with Crippen LogP contribution in [0.4, 0.5) is 13.2 Å². The quantitative estimate of drug-likeness (QED) is 0.717. The first-order chi connectivity index (χ1) is 12.7. The van der Waals surface area contributed by atoms with Crippen LogP contribution in [0.2, 0.25) is 5.02 Å². The van der Waals surface area contributed by atoms with E-state index in [0.717, 1.165) is 0 Å². The molecule has 0 amide bonds. The molecule has 1 heterocycles. The van der Waals surface area contributed by atoms with Crippen LogP contribution in [-0.2, 0) is 11.0 Å². The van der Waals surface area contributed by atoms with Gasteiger partial charge in [-0.05, 0) is 29.8 Å². The number of aliphatic carboxylic acids is 1. The molecule has 0 unspecified atom stereocenters. The molecule has 0 aliphatic heterocycles. The summed E-state index contributed by atoms with van der Waals surface area (Å²) in [5.74, 6) is -0.535. The van der Waals surface area contributed by atoms with Gasteiger partial charge in [-0.2, -0.15) is 18.4 Å². The van der Waals surface area contributed by atoms with Gasteiger partial charge in [0.25, 0.3) is 0 Å². The second kappa shape index (κ2) is 8.56. The minimum absolute atomic E-state index is 0.00623. The first-order valence-electron chi connectivity index (χ1n) is 7.50. The van der Waals surface area contributed by atoms with Crippen molar-refractivity contribution in [3.63, 3.8) is 0 Å². The summed E-state index contributed by atoms with van der Waals surface area (Å²) in [6.07, 6.45) is -2.69. The lowest BCUT2D eigenvalue weighted by Gasteiger charge is -2.09. The van der Waals surface area contributed by atoms with Crippen LogP contribution in [-0.4, -0.2) is 22.7 Å². The van der Waals surface area contributed by atoms with Crippen molar-refractivity contribution in [1.29, 1.82) is 5.26 Å². The SMILES string of the molecule is N#CC(=Cc1ccc(OCCC(=O)O)cc1)c1ncc(C(F)(F)F)cc1Cl. The van der Waals surface area contributed by atoms with Gasteiger partial charge >= 0.3 is 12.1 Å². The van der Waals surface area contributed by atoms with E-state index < -0.39 is 17.7 Å². The molecule has 140 valence electrons. The number of rotatable bonds is 6. The van der Waals surface area contributed by atoms with E-state index in [1.165, 1.54) is 6.08 Å². The first-order valence-corrected chi connectivity index (χ1v) is 7.88. The second-order valence-electron chi connectivity index (χ2n) is 5.28. The monoisotopic (exact) mass is 396 g/mol. The van der Waals surface area contributed by atoms with E-state index in [1.54, 1.807) is 24.3 Å². The molecule has 0 atom stereocenters. The Morgan fingerprint density at radius 3 is 2.52 bits per heavy atom. The molecule has 0 aliphatic rings. The minimum atomic E-state index is -4.58. The molecule has 0 fully saturated rings. The van der Waals surface area contributed by atoms with Crippen molar-refractivity contribution in [3.05, 3.63) is 58.4 Å². The van der Waals surface area contributed by atoms with Crippen LogP contribution in [0.5, 0.6) is 5.75 Å². The lowest BCUT2D eigenvalue weighted by molar-refractivity contribution is -0.138. The van der Waals surface area contributed by atoms with E-state index >= 15 is 0 Å². The molecule has 0 bridgehead atoms. The highest BCUT2D eigenvalue weighted by Crippen LogP contribution is 2.33. The molecular formula is C18H12ClF3N2O3. The van der Waals surface area contributed by atoms with E-state index in [4.69, 9.17) is 21.4 Å². The van der Waals surface area contributed by atoms with Gasteiger partial charge in [0.2, 0.25) is 0 Å². The number of carboxylic acid groups (broad SMARTS) is 1. The number of nitriles is 1. The number of hydrogen-bond donors (Lipinski definition) is 1. The molecule has 2 aromatic rings. The van der Waals surface area contributed by atoms with Crippen LogP contribution in [0.15, 0.2) is 36.5 Å². The van der Waals surface area contributed by atoms with E-state index in [9.17, 15) is 23.2 Å². The Hall–Kier alpha value is -3.05. The van der Waals surface area contributed by atoms with Gasteiger partial charge in [0, 0.05) is 6.20 Å². The summed E-state index contributed by atoms with van der Waals surface area (Å²) in [5, 5.41) is 17.6. The highest BCUT2D eigenvalue weighted by atomic mass is 35.5. The van der Waals surface area contributed by atoms with Gasteiger partial charge in [-0.1, -0.05) is 23.7 Å². The minimum Gasteiger partial charge on any atom is -0.493 e. The highest BCUT2D eigenvalue weighted by Gasteiger charge is 2.31. The predicted molar refractivity (Wildman–Crippen MR) is 91.9 cm³/mol. The van der Waals surface area contributed by atoms with Crippen molar-refractivity contribution < 1.29 is 27.8 Å². The van der Waals surface area contributed by atoms with Crippen molar-refractivity contribution in [3.8, 4) is 11.8 Å². The standard InChI is InChI=1S/C18H12ClF3N2O3/c19-15-8-13(18(20,21)22)10-24-17(15)12(9-23)7-11-1-3-14(4-2-11)27-6-5-16(25)26/h1-4,7-8,10H,5-6H2,(H,25,26). The maximum Gasteiger partial charge on any atom is 0.417 e. The van der Waals surface area contributed by atoms with Crippen LogP contribution < -0.4 is 4.74 Å². The number of allylic oxidation sites excluding steroid dienone is 1. The van der Waals surface area contributed by atoms with E-state index in [2.05, 4.69) is 4.98 Å². The molecule has 5 nitrogen and oxygen atoms in total. The predicted octanol–water partition coefficient (Wildman–Crippen LogP) is 4.67. The summed E-state index contributed by atoms with van der Waals surface area (Å²) in [4.78, 5) is 14.1. The van der Waals surface area contributed by atoms with Crippen molar-refractivity contribution >= 4 is 29.2 Å². The Kier molecular flexibility index (Phi) is 6.42. The summed E-state index contributed by atoms with van der Waals surface area (Å²) in [6.45, 7) is 0.0129. The lowest BCUT2D eigenvalue weighted by atomic mass is 10.1. The van der Waals surface area contributed by atoms with E-state index in [0.29, 0.717) is 23.6 Å². The average molecular weight is 397 g/mol. The number of carboxylic acids is 1. The first kappa shape index (κ1) is 20.3. The van der Waals surface area contributed by atoms with Crippen molar-refractivity contribution in [2.75, 3.05) is 6.61 Å². The number of pyridine rings is 1. The number of benzene rings is 1. The summed E-state index contributed by atoms with van der Waals surface area (Å²) < 4.78 is 43.3. The molecule has 0 saturated heterocycles. The largest absolute Gasteiger partial charge is 0.493 e. The van der Waals surface area contributed by atoms with Crippen molar-refractivity contribution in [2.45, 2.75) is 12.6 Å². The van der Waals surface area contributed by atoms with Gasteiger partial charge < -0.3 is 9.84 Å². The van der Waals surface area contributed by atoms with Gasteiger partial charge in [0.1, 0.15) is 11.8 Å². The molecule has 1 N–H and O–H groups in total. The molecule has 1 aromatic heterocycles. The Morgan fingerprint density at radius 2 is 2.00 bits per heavy atom. The molecule has 0 saturated carbocycles. The third-order valence-electron chi connectivity index (χ3n) is 3.32. The summed E-state index contributed by atoms with van der Waals surface area (Å²) >= 11 is 5.86. The number of carbonyl (C=O) groups is 1. The number of halogens is 4. The van der Waals surface area contributed by atoms with Gasteiger partial charge in [-0.25, -0.2) is 0 Å². The Balaban J connectivity index is 2.21. The normalized spacial score (nSPS) is 11.7. The number of hydrogen-bond acceptors (Lipinski definition) is 4. The van der Waals surface area contributed by atoms with Gasteiger partial charge in [-0.15, -0.1) is 0 Å². The molecule has 1 aromatic carbocycles. The van der Waals surface area contributed by atoms with Gasteiger partial charge in [0.15, 0.2) is 0 Å². The fourth-order valence-corrected chi connectivity index (χ4v) is 2.30. The average Bonchev–Trinajstić information content (AvgIpc) is 2.60. The molecule has 2 rings (SSSR count). The van der Waals surface area contributed by atoms with Crippen molar-refractivity contribution in [1.82, 2.24) is 4.98 Å². The zero-order valence-electron chi connectivity index (χ0n) is 13.6. The maximum atomic E-state index is 12.7. The third-order valence-corrected chi connectivity index (χ3v) is 3.61. The number of nitrogens with zero attached hydrogens (tertiary/aromatic N) is 2. The topological polar surface area (TPSA) is 83.2 Å². The fourth-order valence-electron chi connectivity index (χ4n) is 2.03. The number of alkyl halides is 3. The molecular weight excluding hydrogens is 385 g/mol. The fraction of sp³-hybridized carbons (Fsp3) is 0.167. The smallest absolute Gasteiger partial charge is 0.417 e. The summed E-state index contributed by atoms with van der Waals surface area (Å²) in [7, 11) is 0. The van der Waals surface area contributed by atoms with Crippen LogP contribution in [0, 0.1) is 11.3 Å². The van der Waals surface area contributed by atoms with E-state index in [1.807, 2.05) is 6.07 Å². The molecule has 0 spiro atoms. The number of ether oxygens (including phenoxy) is 1. The zero-order valence-corrected chi connectivity index (χ0v) is 14.4. The molecule has 0 aliphatic carbocycles. The molecule has 0 radical (unpaired) electrons. The van der Waals surface area contributed by atoms with Crippen molar-refractivity contribution in [2.24, 2.45) is 0 Å². The molecule has 9 heteroatoms. The maximum absolute atomic E-state index is 12.7. The Labute approximate surface area is 157 Å². The lowest BCUT2D eigenvalue weighted by Crippen LogP contribution is -2.06. The number of aromatic nitrogens is 1. The van der Waals surface area contributed by atoms with Gasteiger partial charge in [0.05, 0.1) is 34.9 Å². The highest BCUT2D eigenvalue weighted by molar-refractivity contribution is 6.32. The van der Waals surface area contributed by atoms with Crippen LogP contribution >= 0.6 is 11.6 Å². The van der Waals surface area contributed by atoms with Crippen LogP contribution in [0.25, 0.3) is 11.6 Å². The third kappa shape index (κ3) is 5.72.